The third-order valence-corrected chi connectivity index (χ3v) is 5.31. The van der Waals surface area contributed by atoms with Crippen molar-refractivity contribution in [2.24, 2.45) is 7.05 Å². The SMILES string of the molecule is Cn1ncc2c1CN(C(=O)C1(c3ccc(OC(F)(F)F)cc3)CC1)C2C(=O)O. The smallest absolute Gasteiger partial charge is 0.479 e. The highest BCUT2D eigenvalue weighted by atomic mass is 19.4. The van der Waals surface area contributed by atoms with Crippen molar-refractivity contribution in [3.63, 3.8) is 0 Å². The monoisotopic (exact) mass is 395 g/mol. The number of ether oxygens (including phenoxy) is 1. The summed E-state index contributed by atoms with van der Waals surface area (Å²) in [5.41, 5.74) is 0.767. The van der Waals surface area contributed by atoms with Crippen molar-refractivity contribution in [1.82, 2.24) is 14.7 Å². The third-order valence-electron chi connectivity index (χ3n) is 5.31. The second-order valence-electron chi connectivity index (χ2n) is 7.00. The third kappa shape index (κ3) is 2.88. The van der Waals surface area contributed by atoms with Crippen molar-refractivity contribution in [3.05, 3.63) is 47.3 Å². The zero-order valence-corrected chi connectivity index (χ0v) is 14.7. The average molecular weight is 395 g/mol. The normalized spacial score (nSPS) is 20.0. The van der Waals surface area contributed by atoms with Gasteiger partial charge in [-0.3, -0.25) is 9.48 Å². The summed E-state index contributed by atoms with van der Waals surface area (Å²) >= 11 is 0. The molecule has 1 aromatic carbocycles. The number of fused-ring (bicyclic) bond motifs is 1. The predicted octanol–water partition coefficient (Wildman–Crippen LogP) is 2.52. The van der Waals surface area contributed by atoms with E-state index in [9.17, 15) is 27.9 Å². The lowest BCUT2D eigenvalue weighted by atomic mass is 9.93. The van der Waals surface area contributed by atoms with Crippen LogP contribution in [0.2, 0.25) is 0 Å². The van der Waals surface area contributed by atoms with Crippen LogP contribution in [0.5, 0.6) is 5.75 Å². The molecule has 2 heterocycles. The Labute approximate surface area is 157 Å². The number of aryl methyl sites for hydroxylation is 1. The Balaban J connectivity index is 1.60. The van der Waals surface area contributed by atoms with Gasteiger partial charge in [0.1, 0.15) is 5.75 Å². The van der Waals surface area contributed by atoms with E-state index in [2.05, 4.69) is 9.84 Å². The molecule has 1 aliphatic carbocycles. The number of alkyl halides is 3. The van der Waals surface area contributed by atoms with E-state index in [0.717, 1.165) is 12.1 Å². The van der Waals surface area contributed by atoms with Crippen LogP contribution in [0.25, 0.3) is 0 Å². The Morgan fingerprint density at radius 3 is 2.43 bits per heavy atom. The number of rotatable bonds is 4. The predicted molar refractivity (Wildman–Crippen MR) is 88.2 cm³/mol. The molecule has 1 aromatic heterocycles. The number of benzene rings is 1. The standard InChI is InChI=1S/C18H16F3N3O4/c1-23-13-9-24(14(15(25)26)12(13)8-22-23)16(27)17(6-7-17)10-2-4-11(5-3-10)28-18(19,20)21/h2-5,8,14H,6-7,9H2,1H3,(H,25,26). The van der Waals surface area contributed by atoms with E-state index in [1.807, 2.05) is 0 Å². The Morgan fingerprint density at radius 1 is 1.25 bits per heavy atom. The first-order valence-corrected chi connectivity index (χ1v) is 8.53. The maximum atomic E-state index is 13.3. The minimum Gasteiger partial charge on any atom is -0.479 e. The molecule has 0 radical (unpaired) electrons. The highest BCUT2D eigenvalue weighted by Crippen LogP contribution is 2.52. The summed E-state index contributed by atoms with van der Waals surface area (Å²) in [4.78, 5) is 26.4. The van der Waals surface area contributed by atoms with Gasteiger partial charge in [-0.25, -0.2) is 4.79 Å². The fraction of sp³-hybridized carbons (Fsp3) is 0.389. The van der Waals surface area contributed by atoms with E-state index >= 15 is 0 Å². The molecular formula is C18H16F3N3O4. The van der Waals surface area contributed by atoms with Gasteiger partial charge in [-0.05, 0) is 30.5 Å². The summed E-state index contributed by atoms with van der Waals surface area (Å²) in [5, 5.41) is 13.7. The number of aromatic nitrogens is 2. The van der Waals surface area contributed by atoms with Crippen LogP contribution in [-0.4, -0.2) is 38.0 Å². The first kappa shape index (κ1) is 18.3. The molecule has 1 unspecified atom stereocenters. The lowest BCUT2D eigenvalue weighted by molar-refractivity contribution is -0.274. The number of carboxylic acid groups (broad SMARTS) is 1. The van der Waals surface area contributed by atoms with Gasteiger partial charge < -0.3 is 14.7 Å². The average Bonchev–Trinajstić information content (AvgIpc) is 3.21. The van der Waals surface area contributed by atoms with E-state index in [1.165, 1.54) is 23.2 Å². The molecule has 148 valence electrons. The van der Waals surface area contributed by atoms with Crippen molar-refractivity contribution >= 4 is 11.9 Å². The van der Waals surface area contributed by atoms with E-state index in [0.29, 0.717) is 29.7 Å². The fourth-order valence-electron chi connectivity index (χ4n) is 3.78. The Hall–Kier alpha value is -3.04. The van der Waals surface area contributed by atoms with Crippen LogP contribution in [0, 0.1) is 0 Å². The Bertz CT molecular complexity index is 948. The molecule has 7 nitrogen and oxygen atoms in total. The molecule has 1 saturated carbocycles. The van der Waals surface area contributed by atoms with E-state index < -0.39 is 23.8 Å². The molecule has 4 rings (SSSR count). The molecule has 1 fully saturated rings. The molecule has 0 bridgehead atoms. The lowest BCUT2D eigenvalue weighted by Gasteiger charge is -2.27. The van der Waals surface area contributed by atoms with Gasteiger partial charge in [-0.2, -0.15) is 5.10 Å². The van der Waals surface area contributed by atoms with E-state index in [1.54, 1.807) is 11.7 Å². The minimum absolute atomic E-state index is 0.124. The molecular weight excluding hydrogens is 379 g/mol. The first-order chi connectivity index (χ1) is 13.1. The van der Waals surface area contributed by atoms with Crippen LogP contribution in [0.15, 0.2) is 30.5 Å². The second-order valence-corrected chi connectivity index (χ2v) is 7.00. The Morgan fingerprint density at radius 2 is 1.89 bits per heavy atom. The van der Waals surface area contributed by atoms with Crippen molar-refractivity contribution in [1.29, 1.82) is 0 Å². The molecule has 0 saturated heterocycles. The Kier molecular flexibility index (Phi) is 3.91. The van der Waals surface area contributed by atoms with Gasteiger partial charge in [-0.1, -0.05) is 12.1 Å². The number of halogens is 3. The highest BCUT2D eigenvalue weighted by molar-refractivity contribution is 5.95. The van der Waals surface area contributed by atoms with Gasteiger partial charge in [-0.15, -0.1) is 13.2 Å². The number of hydrogen-bond donors (Lipinski definition) is 1. The first-order valence-electron chi connectivity index (χ1n) is 8.53. The van der Waals surface area contributed by atoms with Crippen LogP contribution >= 0.6 is 0 Å². The number of nitrogens with zero attached hydrogens (tertiary/aromatic N) is 3. The molecule has 2 aromatic rings. The van der Waals surface area contributed by atoms with Crippen LogP contribution < -0.4 is 4.74 Å². The number of amides is 1. The van der Waals surface area contributed by atoms with Crippen LogP contribution in [0.1, 0.15) is 35.7 Å². The molecule has 1 amide bonds. The largest absolute Gasteiger partial charge is 0.573 e. The van der Waals surface area contributed by atoms with Crippen LogP contribution in [0.3, 0.4) is 0 Å². The fourth-order valence-corrected chi connectivity index (χ4v) is 3.78. The van der Waals surface area contributed by atoms with E-state index in [-0.39, 0.29) is 18.2 Å². The lowest BCUT2D eigenvalue weighted by Crippen LogP contribution is -2.41. The summed E-state index contributed by atoms with van der Waals surface area (Å²) in [7, 11) is 1.68. The molecule has 1 atom stereocenters. The minimum atomic E-state index is -4.79. The van der Waals surface area contributed by atoms with Crippen molar-refractivity contribution < 1.29 is 32.6 Å². The van der Waals surface area contributed by atoms with Gasteiger partial charge in [0.2, 0.25) is 5.91 Å². The van der Waals surface area contributed by atoms with Crippen molar-refractivity contribution in [3.8, 4) is 5.75 Å². The summed E-state index contributed by atoms with van der Waals surface area (Å²) in [6.45, 7) is 0.124. The number of aliphatic carboxylic acids is 1. The van der Waals surface area contributed by atoms with Crippen molar-refractivity contribution in [2.45, 2.75) is 37.2 Å². The molecule has 0 spiro atoms. The van der Waals surface area contributed by atoms with Crippen LogP contribution in [0.4, 0.5) is 13.2 Å². The number of hydrogen-bond acceptors (Lipinski definition) is 4. The van der Waals surface area contributed by atoms with Gasteiger partial charge in [0.25, 0.3) is 0 Å². The maximum absolute atomic E-state index is 13.3. The van der Waals surface area contributed by atoms with Gasteiger partial charge >= 0.3 is 12.3 Å². The van der Waals surface area contributed by atoms with Crippen molar-refractivity contribution in [2.75, 3.05) is 0 Å². The molecule has 10 heteroatoms. The molecule has 1 aliphatic heterocycles. The molecule has 2 aliphatic rings. The number of carbonyl (C=O) groups is 2. The summed E-state index contributed by atoms with van der Waals surface area (Å²) in [6.07, 6.45) is -2.34. The number of carbonyl (C=O) groups excluding carboxylic acids is 1. The quantitative estimate of drug-likeness (QED) is 0.860. The van der Waals surface area contributed by atoms with Crippen LogP contribution in [-0.2, 0) is 28.6 Å². The molecule has 28 heavy (non-hydrogen) atoms. The molecule has 1 N–H and O–H groups in total. The zero-order chi connectivity index (χ0) is 20.3. The summed E-state index contributed by atoms with van der Waals surface area (Å²) in [5.74, 6) is -1.87. The number of carboxylic acids is 1. The van der Waals surface area contributed by atoms with Gasteiger partial charge in [0.15, 0.2) is 6.04 Å². The van der Waals surface area contributed by atoms with E-state index in [4.69, 9.17) is 0 Å². The van der Waals surface area contributed by atoms with Gasteiger partial charge in [0, 0.05) is 12.6 Å². The maximum Gasteiger partial charge on any atom is 0.573 e. The topological polar surface area (TPSA) is 84.7 Å². The highest BCUT2D eigenvalue weighted by Gasteiger charge is 2.56. The summed E-state index contributed by atoms with van der Waals surface area (Å²) in [6, 6.07) is 4.04. The zero-order valence-electron chi connectivity index (χ0n) is 14.7. The van der Waals surface area contributed by atoms with Gasteiger partial charge in [0.05, 0.1) is 23.9 Å². The second kappa shape index (κ2) is 5.98. The summed E-state index contributed by atoms with van der Waals surface area (Å²) < 4.78 is 42.4.